The Morgan fingerprint density at radius 1 is 1.18 bits per heavy atom. The SMILES string of the molecule is CCCCCCNC(N)=NCc1ccc(OC(C)C)cc1.I. The van der Waals surface area contributed by atoms with Crippen LogP contribution in [0.25, 0.3) is 0 Å². The third-order valence-electron chi connectivity index (χ3n) is 3.06. The third kappa shape index (κ3) is 9.87. The monoisotopic (exact) mass is 419 g/mol. The Morgan fingerprint density at radius 3 is 2.45 bits per heavy atom. The van der Waals surface area contributed by atoms with E-state index in [1.165, 1.54) is 19.3 Å². The van der Waals surface area contributed by atoms with Gasteiger partial charge in [-0.05, 0) is 38.0 Å². The minimum Gasteiger partial charge on any atom is -0.491 e. The molecule has 0 atom stereocenters. The minimum atomic E-state index is 0. The second-order valence-corrected chi connectivity index (χ2v) is 5.50. The van der Waals surface area contributed by atoms with Crippen LogP contribution in [0.2, 0.25) is 0 Å². The molecule has 0 aliphatic rings. The first kappa shape index (κ1) is 21.0. The summed E-state index contributed by atoms with van der Waals surface area (Å²) in [5, 5.41) is 3.15. The number of nitrogens with two attached hydrogens (primary N) is 1. The summed E-state index contributed by atoms with van der Waals surface area (Å²) in [6.07, 6.45) is 5.12. The van der Waals surface area contributed by atoms with Crippen LogP contribution in [0.3, 0.4) is 0 Å². The molecule has 0 heterocycles. The van der Waals surface area contributed by atoms with Gasteiger partial charge in [0.05, 0.1) is 12.6 Å². The van der Waals surface area contributed by atoms with E-state index in [1.807, 2.05) is 38.1 Å². The smallest absolute Gasteiger partial charge is 0.188 e. The lowest BCUT2D eigenvalue weighted by Crippen LogP contribution is -2.32. The summed E-state index contributed by atoms with van der Waals surface area (Å²) < 4.78 is 5.61. The molecule has 0 spiro atoms. The minimum absolute atomic E-state index is 0. The summed E-state index contributed by atoms with van der Waals surface area (Å²) in [6, 6.07) is 7.99. The van der Waals surface area contributed by atoms with Gasteiger partial charge in [-0.15, -0.1) is 24.0 Å². The fourth-order valence-electron chi connectivity index (χ4n) is 1.95. The van der Waals surface area contributed by atoms with Gasteiger partial charge in [0.2, 0.25) is 0 Å². The molecule has 0 bridgehead atoms. The normalized spacial score (nSPS) is 11.2. The maximum atomic E-state index is 5.85. The van der Waals surface area contributed by atoms with Crippen molar-refractivity contribution in [2.24, 2.45) is 10.7 Å². The lowest BCUT2D eigenvalue weighted by molar-refractivity contribution is 0.242. The Labute approximate surface area is 151 Å². The van der Waals surface area contributed by atoms with Crippen LogP contribution >= 0.6 is 24.0 Å². The van der Waals surface area contributed by atoms with Gasteiger partial charge in [-0.3, -0.25) is 0 Å². The summed E-state index contributed by atoms with van der Waals surface area (Å²) in [5.41, 5.74) is 6.97. The van der Waals surface area contributed by atoms with Crippen LogP contribution in [0.1, 0.15) is 52.0 Å². The quantitative estimate of drug-likeness (QED) is 0.275. The Balaban J connectivity index is 0.00000441. The average molecular weight is 419 g/mol. The van der Waals surface area contributed by atoms with E-state index in [1.54, 1.807) is 0 Å². The molecule has 0 saturated carbocycles. The summed E-state index contributed by atoms with van der Waals surface area (Å²) in [5.74, 6) is 1.41. The van der Waals surface area contributed by atoms with Crippen LogP contribution in [-0.4, -0.2) is 18.6 Å². The van der Waals surface area contributed by atoms with E-state index < -0.39 is 0 Å². The maximum Gasteiger partial charge on any atom is 0.188 e. The van der Waals surface area contributed by atoms with Crippen molar-refractivity contribution in [3.8, 4) is 5.75 Å². The fraction of sp³-hybridized carbons (Fsp3) is 0.588. The summed E-state index contributed by atoms with van der Waals surface area (Å²) in [4.78, 5) is 4.35. The van der Waals surface area contributed by atoms with Gasteiger partial charge >= 0.3 is 0 Å². The Hall–Kier alpha value is -0.980. The van der Waals surface area contributed by atoms with Gasteiger partial charge in [0.1, 0.15) is 5.75 Å². The number of aliphatic imine (C=N–C) groups is 1. The van der Waals surface area contributed by atoms with Crippen LogP contribution in [-0.2, 0) is 6.54 Å². The maximum absolute atomic E-state index is 5.85. The molecule has 22 heavy (non-hydrogen) atoms. The van der Waals surface area contributed by atoms with E-state index in [9.17, 15) is 0 Å². The second kappa shape index (κ2) is 12.6. The van der Waals surface area contributed by atoms with Crippen LogP contribution in [0, 0.1) is 0 Å². The second-order valence-electron chi connectivity index (χ2n) is 5.50. The van der Waals surface area contributed by atoms with Crippen LogP contribution < -0.4 is 15.8 Å². The average Bonchev–Trinajstić information content (AvgIpc) is 2.46. The standard InChI is InChI=1S/C17H29N3O.HI/c1-4-5-6-7-12-19-17(18)20-13-15-8-10-16(11-9-15)21-14(2)3;/h8-11,14H,4-7,12-13H2,1-3H3,(H3,18,19,20);1H. The molecule has 0 aromatic heterocycles. The van der Waals surface area contributed by atoms with E-state index in [4.69, 9.17) is 10.5 Å². The van der Waals surface area contributed by atoms with Crippen molar-refractivity contribution in [2.75, 3.05) is 6.54 Å². The first-order valence-electron chi connectivity index (χ1n) is 7.91. The molecule has 3 N–H and O–H groups in total. The number of guanidine groups is 1. The van der Waals surface area contributed by atoms with Crippen molar-refractivity contribution in [2.45, 2.75) is 59.1 Å². The summed E-state index contributed by atoms with van der Waals surface area (Å²) in [7, 11) is 0. The molecule has 0 amide bonds. The number of nitrogens with one attached hydrogen (secondary N) is 1. The Morgan fingerprint density at radius 2 is 1.86 bits per heavy atom. The number of benzene rings is 1. The first-order chi connectivity index (χ1) is 10.1. The molecule has 0 fully saturated rings. The summed E-state index contributed by atoms with van der Waals surface area (Å²) in [6.45, 7) is 7.74. The fourth-order valence-corrected chi connectivity index (χ4v) is 1.95. The predicted octanol–water partition coefficient (Wildman–Crippen LogP) is 4.08. The third-order valence-corrected chi connectivity index (χ3v) is 3.06. The van der Waals surface area contributed by atoms with Gasteiger partial charge in [-0.2, -0.15) is 0 Å². The van der Waals surface area contributed by atoms with E-state index in [0.29, 0.717) is 12.5 Å². The van der Waals surface area contributed by atoms with Gasteiger partial charge in [0.15, 0.2) is 5.96 Å². The molecule has 1 aromatic rings. The van der Waals surface area contributed by atoms with Crippen molar-refractivity contribution in [3.63, 3.8) is 0 Å². The van der Waals surface area contributed by atoms with Crippen molar-refractivity contribution in [1.82, 2.24) is 5.32 Å². The molecular weight excluding hydrogens is 389 g/mol. The predicted molar refractivity (Wildman–Crippen MR) is 105 cm³/mol. The number of unbranched alkanes of at least 4 members (excludes halogenated alkanes) is 3. The van der Waals surface area contributed by atoms with Crippen LogP contribution in [0.15, 0.2) is 29.3 Å². The van der Waals surface area contributed by atoms with Crippen molar-refractivity contribution < 1.29 is 4.74 Å². The van der Waals surface area contributed by atoms with E-state index in [2.05, 4.69) is 17.2 Å². The van der Waals surface area contributed by atoms with Crippen LogP contribution in [0.4, 0.5) is 0 Å². The first-order valence-corrected chi connectivity index (χ1v) is 7.91. The number of halogens is 1. The van der Waals surface area contributed by atoms with E-state index in [-0.39, 0.29) is 30.1 Å². The highest BCUT2D eigenvalue weighted by Crippen LogP contribution is 2.14. The molecule has 1 rings (SSSR count). The zero-order valence-corrected chi connectivity index (χ0v) is 16.3. The molecule has 0 aliphatic carbocycles. The topological polar surface area (TPSA) is 59.6 Å². The number of hydrogen-bond acceptors (Lipinski definition) is 2. The molecule has 126 valence electrons. The van der Waals surface area contributed by atoms with E-state index in [0.717, 1.165) is 24.3 Å². The highest BCUT2D eigenvalue weighted by Gasteiger charge is 1.98. The molecule has 0 radical (unpaired) electrons. The highest BCUT2D eigenvalue weighted by atomic mass is 127. The van der Waals surface area contributed by atoms with Gasteiger partial charge < -0.3 is 15.8 Å². The molecule has 0 aliphatic heterocycles. The molecular formula is C17H30IN3O. The zero-order valence-electron chi connectivity index (χ0n) is 14.0. The highest BCUT2D eigenvalue weighted by molar-refractivity contribution is 14.0. The van der Waals surface area contributed by atoms with Gasteiger partial charge in [0.25, 0.3) is 0 Å². The Kier molecular flexibility index (Phi) is 12.0. The number of ether oxygens (including phenoxy) is 1. The molecule has 5 heteroatoms. The molecule has 0 unspecified atom stereocenters. The number of rotatable bonds is 9. The van der Waals surface area contributed by atoms with Gasteiger partial charge in [-0.25, -0.2) is 4.99 Å². The lowest BCUT2D eigenvalue weighted by Gasteiger charge is -2.09. The largest absolute Gasteiger partial charge is 0.491 e. The van der Waals surface area contributed by atoms with Crippen molar-refractivity contribution in [3.05, 3.63) is 29.8 Å². The Bertz CT molecular complexity index is 418. The van der Waals surface area contributed by atoms with Gasteiger partial charge in [-0.1, -0.05) is 38.3 Å². The number of hydrogen-bond donors (Lipinski definition) is 2. The molecule has 4 nitrogen and oxygen atoms in total. The molecule has 0 saturated heterocycles. The van der Waals surface area contributed by atoms with Gasteiger partial charge in [0, 0.05) is 6.54 Å². The lowest BCUT2D eigenvalue weighted by atomic mass is 10.2. The van der Waals surface area contributed by atoms with Crippen LogP contribution in [0.5, 0.6) is 5.75 Å². The van der Waals surface area contributed by atoms with Crippen molar-refractivity contribution >= 4 is 29.9 Å². The van der Waals surface area contributed by atoms with Crippen molar-refractivity contribution in [1.29, 1.82) is 0 Å². The zero-order chi connectivity index (χ0) is 15.5. The molecule has 1 aromatic carbocycles. The van der Waals surface area contributed by atoms with E-state index >= 15 is 0 Å². The number of nitrogens with zero attached hydrogens (tertiary/aromatic N) is 1. The summed E-state index contributed by atoms with van der Waals surface area (Å²) >= 11 is 0.